The first-order valence-corrected chi connectivity index (χ1v) is 4.73. The summed E-state index contributed by atoms with van der Waals surface area (Å²) in [7, 11) is 0. The largest absolute Gasteiger partial charge is 0.382 e. The van der Waals surface area contributed by atoms with E-state index in [1.165, 1.54) is 6.39 Å². The van der Waals surface area contributed by atoms with Gasteiger partial charge in [0.2, 0.25) is 6.39 Å². The van der Waals surface area contributed by atoms with Crippen molar-refractivity contribution in [3.63, 3.8) is 0 Å². The number of hydrogen-bond acceptors (Lipinski definition) is 8. The molecule has 2 rings (SSSR count). The fourth-order valence-corrected chi connectivity index (χ4v) is 1.62. The van der Waals surface area contributed by atoms with Crippen molar-refractivity contribution in [1.82, 2.24) is 14.5 Å². The van der Waals surface area contributed by atoms with Crippen LogP contribution in [-0.4, -0.2) is 14.5 Å². The van der Waals surface area contributed by atoms with E-state index in [2.05, 4.69) is 24.4 Å². The summed E-state index contributed by atoms with van der Waals surface area (Å²) in [6, 6.07) is 1.97. The molecule has 0 spiro atoms. The van der Waals surface area contributed by atoms with E-state index >= 15 is 0 Å². The Hall–Kier alpha value is -2.14. The fourth-order valence-electron chi connectivity index (χ4n) is 0.961. The molecule has 0 unspecified atom stereocenters. The summed E-state index contributed by atoms with van der Waals surface area (Å²) in [6.45, 7) is 0.368. The van der Waals surface area contributed by atoms with Gasteiger partial charge in [-0.1, -0.05) is 5.16 Å². The minimum absolute atomic E-state index is 0.234. The molecular formula is C7H6N6OS. The Morgan fingerprint density at radius 3 is 3.20 bits per heavy atom. The van der Waals surface area contributed by atoms with E-state index in [9.17, 15) is 0 Å². The Bertz CT molecular complexity index is 484. The van der Waals surface area contributed by atoms with Gasteiger partial charge >= 0.3 is 0 Å². The zero-order chi connectivity index (χ0) is 10.7. The molecule has 0 aliphatic rings. The van der Waals surface area contributed by atoms with Gasteiger partial charge in [-0.3, -0.25) is 0 Å². The summed E-state index contributed by atoms with van der Waals surface area (Å²) in [6.07, 6.45) is 1.24. The molecule has 15 heavy (non-hydrogen) atoms. The predicted molar refractivity (Wildman–Crippen MR) is 52.9 cm³/mol. The Morgan fingerprint density at radius 1 is 1.67 bits per heavy atom. The quantitative estimate of drug-likeness (QED) is 0.781. The Labute approximate surface area is 88.7 Å². The molecule has 0 aliphatic heterocycles. The van der Waals surface area contributed by atoms with Crippen molar-refractivity contribution in [3.8, 4) is 6.07 Å². The number of anilines is 2. The lowest BCUT2D eigenvalue weighted by Gasteiger charge is -1.98. The normalized spacial score (nSPS) is 9.80. The van der Waals surface area contributed by atoms with Crippen LogP contribution in [-0.2, 0) is 6.54 Å². The highest BCUT2D eigenvalue weighted by Crippen LogP contribution is 2.25. The molecule has 2 heterocycles. The van der Waals surface area contributed by atoms with E-state index in [0.29, 0.717) is 22.9 Å². The standard InChI is InChI=1S/C7H6N6OS/c8-1-4-6(9)13-15-7(4)10-2-5-11-3-14-12-5/h3,10H,2H2,(H2,9,13). The van der Waals surface area contributed by atoms with Gasteiger partial charge in [-0.25, -0.2) is 0 Å². The number of nitrogens with one attached hydrogen (secondary N) is 1. The van der Waals surface area contributed by atoms with Crippen LogP contribution in [0.15, 0.2) is 10.9 Å². The molecule has 0 aliphatic carbocycles. The van der Waals surface area contributed by atoms with Crippen LogP contribution >= 0.6 is 11.5 Å². The van der Waals surface area contributed by atoms with Gasteiger partial charge in [0.05, 0.1) is 6.54 Å². The van der Waals surface area contributed by atoms with E-state index in [-0.39, 0.29) is 5.82 Å². The minimum atomic E-state index is 0.234. The highest BCUT2D eigenvalue weighted by atomic mass is 32.1. The third-order valence-corrected chi connectivity index (χ3v) is 2.46. The third kappa shape index (κ3) is 1.87. The van der Waals surface area contributed by atoms with Gasteiger partial charge < -0.3 is 15.6 Å². The first kappa shape index (κ1) is 9.42. The van der Waals surface area contributed by atoms with Crippen molar-refractivity contribution in [2.45, 2.75) is 6.54 Å². The summed E-state index contributed by atoms with van der Waals surface area (Å²) in [5.41, 5.74) is 5.84. The van der Waals surface area contributed by atoms with Crippen molar-refractivity contribution in [3.05, 3.63) is 17.8 Å². The second-order valence-electron chi connectivity index (χ2n) is 2.58. The van der Waals surface area contributed by atoms with Crippen molar-refractivity contribution in [2.24, 2.45) is 0 Å². The number of nitrogens with two attached hydrogens (primary N) is 1. The zero-order valence-corrected chi connectivity index (χ0v) is 8.28. The Balaban J connectivity index is 2.09. The molecule has 0 radical (unpaired) electrons. The molecule has 8 heteroatoms. The van der Waals surface area contributed by atoms with E-state index in [1.807, 2.05) is 6.07 Å². The van der Waals surface area contributed by atoms with Crippen LogP contribution in [0.2, 0.25) is 0 Å². The van der Waals surface area contributed by atoms with Crippen LogP contribution in [0.4, 0.5) is 10.8 Å². The number of hydrogen-bond donors (Lipinski definition) is 2. The molecule has 7 nitrogen and oxygen atoms in total. The maximum Gasteiger partial charge on any atom is 0.213 e. The summed E-state index contributed by atoms with van der Waals surface area (Å²) in [5.74, 6) is 0.740. The highest BCUT2D eigenvalue weighted by Gasteiger charge is 2.10. The van der Waals surface area contributed by atoms with Crippen LogP contribution in [0.1, 0.15) is 11.4 Å². The van der Waals surface area contributed by atoms with Gasteiger partial charge in [0.25, 0.3) is 0 Å². The molecule has 76 valence electrons. The maximum atomic E-state index is 8.79. The number of nitriles is 1. The lowest BCUT2D eigenvalue weighted by Crippen LogP contribution is -2.01. The molecule has 2 aromatic rings. The van der Waals surface area contributed by atoms with E-state index < -0.39 is 0 Å². The fraction of sp³-hybridized carbons (Fsp3) is 0.143. The van der Waals surface area contributed by atoms with Crippen LogP contribution < -0.4 is 11.1 Å². The molecule has 0 atom stereocenters. The first-order valence-electron chi connectivity index (χ1n) is 3.95. The van der Waals surface area contributed by atoms with Gasteiger partial charge in [-0.15, -0.1) is 0 Å². The van der Waals surface area contributed by atoms with Crippen molar-refractivity contribution < 1.29 is 4.52 Å². The van der Waals surface area contributed by atoms with Gasteiger partial charge in [0, 0.05) is 0 Å². The average Bonchev–Trinajstić information content (AvgIpc) is 2.84. The van der Waals surface area contributed by atoms with Crippen LogP contribution in [0.5, 0.6) is 0 Å². The third-order valence-electron chi connectivity index (χ3n) is 1.64. The molecule has 0 aromatic carbocycles. The van der Waals surface area contributed by atoms with Crippen molar-refractivity contribution in [2.75, 3.05) is 11.1 Å². The predicted octanol–water partition coefficient (Wildman–Crippen LogP) is 0.592. The Kier molecular flexibility index (Phi) is 2.47. The first-order chi connectivity index (χ1) is 7.31. The SMILES string of the molecule is N#Cc1c(N)nsc1NCc1ncon1. The smallest absolute Gasteiger partial charge is 0.213 e. The lowest BCUT2D eigenvalue weighted by molar-refractivity contribution is 0.411. The molecule has 3 N–H and O–H groups in total. The molecule has 0 saturated carbocycles. The summed E-state index contributed by atoms with van der Waals surface area (Å²) >= 11 is 1.13. The number of nitrogen functional groups attached to an aromatic ring is 1. The van der Waals surface area contributed by atoms with E-state index in [4.69, 9.17) is 11.0 Å². The monoisotopic (exact) mass is 222 g/mol. The summed E-state index contributed by atoms with van der Waals surface area (Å²) in [4.78, 5) is 3.82. The molecule has 0 bridgehead atoms. The van der Waals surface area contributed by atoms with Gasteiger partial charge in [0.1, 0.15) is 16.6 Å². The van der Waals surface area contributed by atoms with Crippen LogP contribution in [0.3, 0.4) is 0 Å². The Morgan fingerprint density at radius 2 is 2.53 bits per heavy atom. The van der Waals surface area contributed by atoms with Gasteiger partial charge in [-0.05, 0) is 11.5 Å². The van der Waals surface area contributed by atoms with Crippen molar-refractivity contribution in [1.29, 1.82) is 5.26 Å². The van der Waals surface area contributed by atoms with E-state index in [0.717, 1.165) is 11.5 Å². The number of nitrogens with zero attached hydrogens (tertiary/aromatic N) is 4. The van der Waals surface area contributed by atoms with Crippen molar-refractivity contribution >= 4 is 22.4 Å². The van der Waals surface area contributed by atoms with Gasteiger partial charge in [-0.2, -0.15) is 14.6 Å². The summed E-state index contributed by atoms with van der Waals surface area (Å²) < 4.78 is 8.42. The average molecular weight is 222 g/mol. The molecular weight excluding hydrogens is 216 g/mol. The lowest BCUT2D eigenvalue weighted by atomic mass is 10.3. The number of rotatable bonds is 3. The molecule has 0 amide bonds. The second kappa shape index (κ2) is 3.93. The topological polar surface area (TPSA) is 114 Å². The maximum absolute atomic E-state index is 8.79. The molecule has 2 aromatic heterocycles. The van der Waals surface area contributed by atoms with Crippen LogP contribution in [0, 0.1) is 11.3 Å². The van der Waals surface area contributed by atoms with E-state index in [1.54, 1.807) is 0 Å². The second-order valence-corrected chi connectivity index (χ2v) is 3.36. The minimum Gasteiger partial charge on any atom is -0.382 e. The molecule has 0 saturated heterocycles. The molecule has 0 fully saturated rings. The zero-order valence-electron chi connectivity index (χ0n) is 7.47. The number of aromatic nitrogens is 3. The van der Waals surface area contributed by atoms with Crippen LogP contribution in [0.25, 0.3) is 0 Å². The van der Waals surface area contributed by atoms with Gasteiger partial charge in [0.15, 0.2) is 11.6 Å². The highest BCUT2D eigenvalue weighted by molar-refractivity contribution is 7.10. The summed E-state index contributed by atoms with van der Waals surface area (Å²) in [5, 5.41) is 16.0.